The van der Waals surface area contributed by atoms with E-state index in [0.29, 0.717) is 6.61 Å². The van der Waals surface area contributed by atoms with Gasteiger partial charge in [-0.25, -0.2) is 4.79 Å². The number of carbonyl (C=O) groups is 1. The minimum atomic E-state index is -0.586. The zero-order valence-corrected chi connectivity index (χ0v) is 7.34. The monoisotopic (exact) mass is 170 g/mol. The summed E-state index contributed by atoms with van der Waals surface area (Å²) in [4.78, 5) is 10.9. The van der Waals surface area contributed by atoms with E-state index in [1.165, 1.54) is 0 Å². The summed E-state index contributed by atoms with van der Waals surface area (Å²) >= 11 is 0. The first-order chi connectivity index (χ1) is 5.72. The van der Waals surface area contributed by atoms with Crippen LogP contribution in [0.1, 0.15) is 26.2 Å². The quantitative estimate of drug-likeness (QED) is 0.481. The van der Waals surface area contributed by atoms with Crippen molar-refractivity contribution in [3.8, 4) is 0 Å². The summed E-state index contributed by atoms with van der Waals surface area (Å²) < 4.78 is 9.75. The Morgan fingerprint density at radius 1 is 1.67 bits per heavy atom. The molecule has 0 saturated heterocycles. The lowest BCUT2D eigenvalue weighted by atomic mass is 9.80. The molecule has 0 N–H and O–H groups in total. The molecule has 12 heavy (non-hydrogen) atoms. The highest BCUT2D eigenvalue weighted by atomic mass is 16.7. The van der Waals surface area contributed by atoms with Gasteiger partial charge in [0.15, 0.2) is 0 Å². The molecule has 1 fully saturated rings. The maximum absolute atomic E-state index is 10.9. The van der Waals surface area contributed by atoms with Gasteiger partial charge in [-0.1, -0.05) is 6.58 Å². The van der Waals surface area contributed by atoms with Crippen LogP contribution in [0.15, 0.2) is 12.7 Å². The van der Waals surface area contributed by atoms with E-state index >= 15 is 0 Å². The molecule has 68 valence electrons. The molecule has 3 heteroatoms. The van der Waals surface area contributed by atoms with E-state index in [1.807, 2.05) is 0 Å². The van der Waals surface area contributed by atoms with E-state index < -0.39 is 11.8 Å². The van der Waals surface area contributed by atoms with Crippen LogP contribution in [0.4, 0.5) is 4.79 Å². The van der Waals surface area contributed by atoms with Crippen LogP contribution in [0.3, 0.4) is 0 Å². The first-order valence-corrected chi connectivity index (χ1v) is 4.22. The van der Waals surface area contributed by atoms with Gasteiger partial charge in [0.1, 0.15) is 5.60 Å². The SMILES string of the molecule is C=CC1(OC(=O)OCC)CCC1. The van der Waals surface area contributed by atoms with E-state index in [9.17, 15) is 4.79 Å². The largest absolute Gasteiger partial charge is 0.509 e. The second-order valence-corrected chi connectivity index (χ2v) is 2.91. The number of carbonyl (C=O) groups excluding carboxylic acids is 1. The van der Waals surface area contributed by atoms with E-state index in [2.05, 4.69) is 11.3 Å². The van der Waals surface area contributed by atoms with Crippen molar-refractivity contribution < 1.29 is 14.3 Å². The second-order valence-electron chi connectivity index (χ2n) is 2.91. The molecule has 1 aliphatic rings. The smallest absolute Gasteiger partial charge is 0.435 e. The highest BCUT2D eigenvalue weighted by Gasteiger charge is 2.38. The molecule has 0 amide bonds. The Morgan fingerprint density at radius 3 is 2.67 bits per heavy atom. The Balaban J connectivity index is 2.37. The highest BCUT2D eigenvalue weighted by molar-refractivity contribution is 5.61. The van der Waals surface area contributed by atoms with Crippen LogP contribution >= 0.6 is 0 Å². The fraction of sp³-hybridized carbons (Fsp3) is 0.667. The summed E-state index contributed by atoms with van der Waals surface area (Å²) in [6, 6.07) is 0. The third kappa shape index (κ3) is 1.78. The minimum Gasteiger partial charge on any atom is -0.435 e. The fourth-order valence-corrected chi connectivity index (χ4v) is 1.19. The van der Waals surface area contributed by atoms with Gasteiger partial charge in [0, 0.05) is 0 Å². The molecule has 1 aliphatic carbocycles. The van der Waals surface area contributed by atoms with Crippen LogP contribution in [0, 0.1) is 0 Å². The summed E-state index contributed by atoms with van der Waals surface area (Å²) in [6.07, 6.45) is 3.93. The first-order valence-electron chi connectivity index (χ1n) is 4.22. The Kier molecular flexibility index (Phi) is 2.74. The maximum Gasteiger partial charge on any atom is 0.509 e. The standard InChI is InChI=1S/C9H14O3/c1-3-9(6-5-7-9)12-8(10)11-4-2/h3H,1,4-7H2,2H3. The maximum atomic E-state index is 10.9. The van der Waals surface area contributed by atoms with Crippen molar-refractivity contribution in [2.75, 3.05) is 6.61 Å². The van der Waals surface area contributed by atoms with Crippen molar-refractivity contribution >= 4 is 6.16 Å². The fourth-order valence-electron chi connectivity index (χ4n) is 1.19. The van der Waals surface area contributed by atoms with Crippen molar-refractivity contribution in [2.24, 2.45) is 0 Å². The predicted molar refractivity (Wildman–Crippen MR) is 44.9 cm³/mol. The number of hydrogen-bond acceptors (Lipinski definition) is 3. The van der Waals surface area contributed by atoms with E-state index in [4.69, 9.17) is 4.74 Å². The first kappa shape index (κ1) is 9.10. The summed E-state index contributed by atoms with van der Waals surface area (Å²) in [6.45, 7) is 5.74. The molecule has 0 radical (unpaired) electrons. The van der Waals surface area contributed by atoms with Gasteiger partial charge in [0.2, 0.25) is 0 Å². The van der Waals surface area contributed by atoms with Gasteiger partial charge in [-0.3, -0.25) is 0 Å². The summed E-state index contributed by atoms with van der Waals surface area (Å²) in [5.74, 6) is 0. The topological polar surface area (TPSA) is 35.5 Å². The van der Waals surface area contributed by atoms with Gasteiger partial charge in [0.05, 0.1) is 6.61 Å². The van der Waals surface area contributed by atoms with E-state index in [-0.39, 0.29) is 0 Å². The van der Waals surface area contributed by atoms with E-state index in [1.54, 1.807) is 13.0 Å². The number of ether oxygens (including phenoxy) is 2. The van der Waals surface area contributed by atoms with Crippen LogP contribution < -0.4 is 0 Å². The Morgan fingerprint density at radius 2 is 2.33 bits per heavy atom. The minimum absolute atomic E-state index is 0.353. The number of hydrogen-bond donors (Lipinski definition) is 0. The molecule has 3 nitrogen and oxygen atoms in total. The summed E-state index contributed by atoms with van der Waals surface area (Å²) in [5.41, 5.74) is -0.424. The normalized spacial score (nSPS) is 19.1. The van der Waals surface area contributed by atoms with Gasteiger partial charge in [-0.15, -0.1) is 0 Å². The average Bonchev–Trinajstić information content (AvgIpc) is 1.97. The molecule has 0 unspecified atom stereocenters. The lowest BCUT2D eigenvalue weighted by Crippen LogP contribution is -2.39. The van der Waals surface area contributed by atoms with Crippen molar-refractivity contribution in [1.29, 1.82) is 0 Å². The van der Waals surface area contributed by atoms with Crippen LogP contribution in [-0.2, 0) is 9.47 Å². The zero-order valence-electron chi connectivity index (χ0n) is 7.34. The molecule has 0 aliphatic heterocycles. The Labute approximate surface area is 72.4 Å². The Hall–Kier alpha value is -0.990. The molecule has 1 rings (SSSR count). The molecule has 1 saturated carbocycles. The third-order valence-electron chi connectivity index (χ3n) is 2.12. The van der Waals surface area contributed by atoms with Crippen molar-refractivity contribution in [2.45, 2.75) is 31.8 Å². The van der Waals surface area contributed by atoms with Gasteiger partial charge in [0.25, 0.3) is 0 Å². The lowest BCUT2D eigenvalue weighted by Gasteiger charge is -2.37. The van der Waals surface area contributed by atoms with Crippen LogP contribution in [0.2, 0.25) is 0 Å². The van der Waals surface area contributed by atoms with Gasteiger partial charge >= 0.3 is 6.16 Å². The number of rotatable bonds is 3. The molecule has 0 bridgehead atoms. The van der Waals surface area contributed by atoms with Crippen molar-refractivity contribution in [3.05, 3.63) is 12.7 Å². The van der Waals surface area contributed by atoms with Gasteiger partial charge in [-0.05, 0) is 32.3 Å². The van der Waals surface area contributed by atoms with Gasteiger partial charge < -0.3 is 9.47 Å². The lowest BCUT2D eigenvalue weighted by molar-refractivity contribution is -0.0470. The molecule has 0 aromatic heterocycles. The molecule has 0 heterocycles. The Bertz CT molecular complexity index is 182. The van der Waals surface area contributed by atoms with Crippen molar-refractivity contribution in [1.82, 2.24) is 0 Å². The highest BCUT2D eigenvalue weighted by Crippen LogP contribution is 2.36. The molecular weight excluding hydrogens is 156 g/mol. The molecule has 0 aromatic rings. The summed E-state index contributed by atoms with van der Waals surface area (Å²) in [7, 11) is 0. The molecule has 0 aromatic carbocycles. The molecule has 0 spiro atoms. The average molecular weight is 170 g/mol. The molecular formula is C9H14O3. The van der Waals surface area contributed by atoms with Crippen LogP contribution in [-0.4, -0.2) is 18.4 Å². The second kappa shape index (κ2) is 3.61. The third-order valence-corrected chi connectivity index (χ3v) is 2.12. The van der Waals surface area contributed by atoms with Crippen molar-refractivity contribution in [3.63, 3.8) is 0 Å². The summed E-state index contributed by atoms with van der Waals surface area (Å²) in [5, 5.41) is 0. The van der Waals surface area contributed by atoms with Gasteiger partial charge in [-0.2, -0.15) is 0 Å². The zero-order chi connectivity index (χ0) is 9.03. The molecule has 0 atom stereocenters. The van der Waals surface area contributed by atoms with Crippen LogP contribution in [0.25, 0.3) is 0 Å². The van der Waals surface area contributed by atoms with E-state index in [0.717, 1.165) is 19.3 Å². The predicted octanol–water partition coefficient (Wildman–Crippen LogP) is 2.27. The van der Waals surface area contributed by atoms with Crippen LogP contribution in [0.5, 0.6) is 0 Å².